The van der Waals surface area contributed by atoms with Crippen molar-refractivity contribution in [3.8, 4) is 22.6 Å². The van der Waals surface area contributed by atoms with E-state index in [2.05, 4.69) is 35.2 Å². The highest BCUT2D eigenvalue weighted by atomic mass is 31.0. The van der Waals surface area contributed by atoms with Gasteiger partial charge in [-0.15, -0.1) is 0 Å². The number of benzene rings is 4. The highest BCUT2D eigenvalue weighted by Gasteiger charge is 2.49. The van der Waals surface area contributed by atoms with E-state index in [4.69, 9.17) is 20.3 Å². The van der Waals surface area contributed by atoms with Crippen LogP contribution in [0.2, 0.25) is 0 Å². The smallest absolute Gasteiger partial charge is 0.303 e. The number of carbonyl (C=O) groups excluding carboxylic acids is 1. The summed E-state index contributed by atoms with van der Waals surface area (Å²) in [5, 5.41) is 11.3. The normalized spacial score (nSPS) is 17.3. The first-order chi connectivity index (χ1) is 26.0. The molecular weight excluding hydrogens is 740 g/mol. The molecule has 3 N–H and O–H groups in total. The molecule has 4 aromatic rings. The molecule has 2 aliphatic heterocycles. The lowest BCUT2D eigenvalue weighted by Crippen LogP contribution is -2.53. The first-order valence-corrected chi connectivity index (χ1v) is 18.7. The minimum Gasteiger partial charge on any atom is -0.496 e. The zero-order chi connectivity index (χ0) is 40.1. The molecule has 0 bridgehead atoms. The van der Waals surface area contributed by atoms with Crippen LogP contribution in [0, 0.1) is 12.7 Å². The molecule has 8 nitrogen and oxygen atoms in total. The lowest BCUT2D eigenvalue weighted by Gasteiger charge is -2.43. The lowest BCUT2D eigenvalue weighted by atomic mass is 9.92. The van der Waals surface area contributed by atoms with E-state index in [0.29, 0.717) is 6.42 Å². The summed E-state index contributed by atoms with van der Waals surface area (Å²) in [6, 6.07) is 16.9. The van der Waals surface area contributed by atoms with Gasteiger partial charge < -0.3 is 25.2 Å². The maximum Gasteiger partial charge on any atom is 0.303 e. The Kier molecular flexibility index (Phi) is 13.3. The molecule has 55 heavy (non-hydrogen) atoms. The van der Waals surface area contributed by atoms with Gasteiger partial charge >= 0.3 is 5.97 Å². The van der Waals surface area contributed by atoms with Crippen molar-refractivity contribution in [2.24, 2.45) is 5.73 Å². The number of anilines is 1. The molecule has 0 saturated carbocycles. The van der Waals surface area contributed by atoms with E-state index >= 15 is 0 Å². The van der Waals surface area contributed by atoms with Crippen LogP contribution in [0.4, 0.5) is 27.6 Å². The summed E-state index contributed by atoms with van der Waals surface area (Å²) in [4.78, 5) is 25.8. The van der Waals surface area contributed by atoms with Gasteiger partial charge in [0.05, 0.1) is 25.3 Å². The number of hydrogen-bond acceptors (Lipinski definition) is 6. The van der Waals surface area contributed by atoms with Crippen LogP contribution in [0.1, 0.15) is 65.6 Å². The Bertz CT molecular complexity index is 1970. The zero-order valence-electron chi connectivity index (χ0n) is 31.1. The van der Waals surface area contributed by atoms with Crippen molar-refractivity contribution in [2.75, 3.05) is 38.8 Å². The van der Waals surface area contributed by atoms with Gasteiger partial charge in [0.1, 0.15) is 23.4 Å². The second-order valence-electron chi connectivity index (χ2n) is 14.1. The third-order valence-electron chi connectivity index (χ3n) is 10.2. The number of methoxy groups -OCH3 is 2. The van der Waals surface area contributed by atoms with E-state index in [9.17, 15) is 31.5 Å². The highest BCUT2D eigenvalue weighted by molar-refractivity contribution is 7.18. The first kappa shape index (κ1) is 41.7. The molecule has 2 fully saturated rings. The monoisotopic (exact) mass is 787 g/mol. The van der Waals surface area contributed by atoms with E-state index in [-0.39, 0.29) is 29.8 Å². The molecule has 2 saturated heterocycles. The number of nitrogens with zero attached hydrogens (tertiary/aromatic N) is 2. The van der Waals surface area contributed by atoms with Crippen molar-refractivity contribution in [3.63, 3.8) is 0 Å². The summed E-state index contributed by atoms with van der Waals surface area (Å²) >= 11 is 0. The molecule has 2 atom stereocenters. The van der Waals surface area contributed by atoms with E-state index in [1.54, 1.807) is 14.2 Å². The molecule has 296 valence electrons. The molecular formula is C41H47F5N3O5P. The van der Waals surface area contributed by atoms with Gasteiger partial charge in [-0.3, -0.25) is 14.5 Å². The van der Waals surface area contributed by atoms with E-state index < -0.39 is 48.2 Å². The molecule has 6 rings (SSSR count). The maximum atomic E-state index is 14.0. The van der Waals surface area contributed by atoms with Gasteiger partial charge in [-0.2, -0.15) is 0 Å². The molecule has 0 aromatic heterocycles. The number of halogens is 5. The maximum absolute atomic E-state index is 14.0. The average molecular weight is 788 g/mol. The van der Waals surface area contributed by atoms with Crippen LogP contribution < -0.4 is 20.1 Å². The third kappa shape index (κ3) is 10.0. The van der Waals surface area contributed by atoms with Gasteiger partial charge in [0.25, 0.3) is 17.5 Å². The van der Waals surface area contributed by atoms with Crippen LogP contribution in [0.15, 0.2) is 60.7 Å². The second-order valence-corrected chi connectivity index (χ2v) is 14.9. The standard InChI is InChI=1S/C27H31NO4.C14H16F5N2OP/c1-31-24-16-19(18-28-14-4-3-5-15-28)17-25(32-2)27(24)23-11-7-9-21-20(12-13-26(29)30)8-6-10-22(21)23;1-7-4-8(5-9(15)11(7)12(20)22)21-3-2-13(16,17)6-10(21)14(18,19)23/h6-11,16-17H,3-5,12-15,18H2,1-2H3,(H,29,30);4-5,10H,2-3,6,23H2,1H3,(H2,20,22). The van der Waals surface area contributed by atoms with Crippen LogP contribution in [-0.2, 0) is 17.8 Å². The van der Waals surface area contributed by atoms with Gasteiger partial charge in [0.2, 0.25) is 0 Å². The highest BCUT2D eigenvalue weighted by Crippen LogP contribution is 2.45. The number of rotatable bonds is 11. The number of piperidine rings is 2. The SMILES string of the molecule is COc1cc(CN2CCCCC2)cc(OC)c1-c1cccc2c(CCC(=O)O)cccc12.Cc1cc(N2CCC(F)(F)CC2C(F)(F)P)cc(F)c1C(N)=O. The predicted octanol–water partition coefficient (Wildman–Crippen LogP) is 8.83. The molecule has 2 heterocycles. The van der Waals surface area contributed by atoms with E-state index in [0.717, 1.165) is 69.6 Å². The van der Waals surface area contributed by atoms with Crippen molar-refractivity contribution in [3.05, 3.63) is 88.7 Å². The Morgan fingerprint density at radius 2 is 1.60 bits per heavy atom. The Hall–Kier alpha value is -4.48. The Balaban J connectivity index is 0.000000223. The van der Waals surface area contributed by atoms with Gasteiger partial charge in [-0.05, 0) is 96.6 Å². The largest absolute Gasteiger partial charge is 0.496 e. The number of likely N-dealkylation sites (tertiary alicyclic amines) is 1. The minimum atomic E-state index is -3.48. The number of aliphatic carboxylic acids is 1. The van der Waals surface area contributed by atoms with Crippen molar-refractivity contribution in [2.45, 2.75) is 76.0 Å². The Morgan fingerprint density at radius 3 is 2.18 bits per heavy atom. The third-order valence-corrected chi connectivity index (χ3v) is 10.6. The molecule has 0 aliphatic carbocycles. The fourth-order valence-corrected chi connectivity index (χ4v) is 7.84. The quantitative estimate of drug-likeness (QED) is 0.116. The molecule has 0 radical (unpaired) electrons. The number of amides is 1. The first-order valence-electron chi connectivity index (χ1n) is 18.1. The number of alkyl halides is 4. The van der Waals surface area contributed by atoms with E-state index in [1.807, 2.05) is 18.2 Å². The van der Waals surface area contributed by atoms with Crippen LogP contribution >= 0.6 is 9.24 Å². The number of fused-ring (bicyclic) bond motifs is 1. The van der Waals surface area contributed by atoms with Gasteiger partial charge in [-0.25, -0.2) is 22.0 Å². The second kappa shape index (κ2) is 17.5. The van der Waals surface area contributed by atoms with E-state index in [1.165, 1.54) is 47.1 Å². The number of carbonyl (C=O) groups is 2. The zero-order valence-corrected chi connectivity index (χ0v) is 32.3. The summed E-state index contributed by atoms with van der Waals surface area (Å²) in [5.74, 6) is -4.35. The molecule has 4 aromatic carbocycles. The Morgan fingerprint density at radius 1 is 0.964 bits per heavy atom. The summed E-state index contributed by atoms with van der Waals surface area (Å²) < 4.78 is 80.2. The van der Waals surface area contributed by atoms with Crippen LogP contribution in [-0.4, -0.2) is 73.4 Å². The summed E-state index contributed by atoms with van der Waals surface area (Å²) in [7, 11) is 4.66. The topological polar surface area (TPSA) is 105 Å². The van der Waals surface area contributed by atoms with Crippen LogP contribution in [0.5, 0.6) is 11.5 Å². The van der Waals surface area contributed by atoms with Crippen molar-refractivity contribution < 1.29 is 46.1 Å². The Labute approximate surface area is 320 Å². The fourth-order valence-electron chi connectivity index (χ4n) is 7.54. The predicted molar refractivity (Wildman–Crippen MR) is 207 cm³/mol. The molecule has 2 unspecified atom stereocenters. The van der Waals surface area contributed by atoms with Crippen LogP contribution in [0.25, 0.3) is 21.9 Å². The number of primary amides is 1. The summed E-state index contributed by atoms with van der Waals surface area (Å²) in [6.45, 7) is 4.21. The fraction of sp³-hybridized carbons (Fsp3) is 0.415. The van der Waals surface area contributed by atoms with Gasteiger partial charge in [-0.1, -0.05) is 52.1 Å². The lowest BCUT2D eigenvalue weighted by molar-refractivity contribution is -0.136. The van der Waals surface area contributed by atoms with Gasteiger partial charge in [0.15, 0.2) is 0 Å². The van der Waals surface area contributed by atoms with Crippen molar-refractivity contribution in [1.29, 1.82) is 0 Å². The number of aryl methyl sites for hydroxylation is 2. The summed E-state index contributed by atoms with van der Waals surface area (Å²) in [5.41, 5.74) is 5.60. The van der Waals surface area contributed by atoms with Crippen molar-refractivity contribution >= 4 is 37.6 Å². The number of carboxylic acids is 1. The number of hydrogen-bond donors (Lipinski definition) is 2. The molecule has 0 spiro atoms. The molecule has 2 aliphatic rings. The molecule has 14 heteroatoms. The number of nitrogens with two attached hydrogens (primary N) is 1. The molecule has 1 amide bonds. The number of ether oxygens (including phenoxy) is 2. The average Bonchev–Trinajstić information content (AvgIpc) is 3.12. The number of carboxylic acid groups (broad SMARTS) is 1. The van der Waals surface area contributed by atoms with Crippen molar-refractivity contribution in [1.82, 2.24) is 4.90 Å². The summed E-state index contributed by atoms with van der Waals surface area (Å²) in [6.07, 6.45) is 2.79. The minimum absolute atomic E-state index is 0.0209. The van der Waals surface area contributed by atoms with Gasteiger partial charge in [0, 0.05) is 38.0 Å². The van der Waals surface area contributed by atoms with Crippen LogP contribution in [0.3, 0.4) is 0 Å².